The van der Waals surface area contributed by atoms with Gasteiger partial charge in [0.1, 0.15) is 5.82 Å². The molecule has 2 rings (SSSR count). The fourth-order valence-electron chi connectivity index (χ4n) is 2.06. The minimum atomic E-state index is -0.435. The van der Waals surface area contributed by atoms with Crippen LogP contribution in [0.4, 0.5) is 4.79 Å². The highest BCUT2D eigenvalue weighted by atomic mass is 32.2. The van der Waals surface area contributed by atoms with Gasteiger partial charge in [-0.05, 0) is 26.2 Å². The van der Waals surface area contributed by atoms with Crippen LogP contribution in [-0.4, -0.2) is 39.0 Å². The molecule has 0 bridgehead atoms. The SMILES string of the molecule is CCCCNC(=O)NC(=O)CSc1nnc(C2CC2)n1CC. The number of imide groups is 1. The molecule has 7 nitrogen and oxygen atoms in total. The summed E-state index contributed by atoms with van der Waals surface area (Å²) >= 11 is 1.31. The standard InChI is InChI=1S/C14H23N5O2S/c1-3-5-8-15-13(21)16-11(20)9-22-14-18-17-12(10-6-7-10)19(14)4-2/h10H,3-9H2,1-2H3,(H2,15,16,20,21). The van der Waals surface area contributed by atoms with Gasteiger partial charge in [-0.1, -0.05) is 25.1 Å². The number of amides is 3. The van der Waals surface area contributed by atoms with Crippen molar-refractivity contribution < 1.29 is 9.59 Å². The van der Waals surface area contributed by atoms with E-state index in [-0.39, 0.29) is 11.7 Å². The van der Waals surface area contributed by atoms with Crippen molar-refractivity contribution in [3.8, 4) is 0 Å². The molecule has 0 radical (unpaired) electrons. The van der Waals surface area contributed by atoms with Crippen LogP contribution in [-0.2, 0) is 11.3 Å². The van der Waals surface area contributed by atoms with Gasteiger partial charge in [-0.3, -0.25) is 10.1 Å². The molecule has 1 fully saturated rings. The van der Waals surface area contributed by atoms with Crippen LogP contribution >= 0.6 is 11.8 Å². The summed E-state index contributed by atoms with van der Waals surface area (Å²) in [5.41, 5.74) is 0. The lowest BCUT2D eigenvalue weighted by Crippen LogP contribution is -2.40. The summed E-state index contributed by atoms with van der Waals surface area (Å²) < 4.78 is 2.05. The summed E-state index contributed by atoms with van der Waals surface area (Å²) in [6.07, 6.45) is 4.24. The third-order valence-corrected chi connectivity index (χ3v) is 4.37. The molecule has 1 aromatic heterocycles. The number of hydrogen-bond donors (Lipinski definition) is 2. The maximum atomic E-state index is 11.8. The van der Waals surface area contributed by atoms with Crippen molar-refractivity contribution in [2.45, 2.75) is 57.1 Å². The first-order valence-electron chi connectivity index (χ1n) is 7.79. The molecule has 0 spiro atoms. The number of unbranched alkanes of at least 4 members (excludes halogenated alkanes) is 1. The van der Waals surface area contributed by atoms with Crippen LogP contribution in [0.5, 0.6) is 0 Å². The van der Waals surface area contributed by atoms with Gasteiger partial charge in [0.05, 0.1) is 5.75 Å². The molecule has 0 saturated heterocycles. The fraction of sp³-hybridized carbons (Fsp3) is 0.714. The van der Waals surface area contributed by atoms with E-state index in [1.54, 1.807) is 0 Å². The van der Waals surface area contributed by atoms with Gasteiger partial charge in [-0.2, -0.15) is 0 Å². The van der Waals surface area contributed by atoms with Crippen molar-refractivity contribution in [3.05, 3.63) is 5.82 Å². The lowest BCUT2D eigenvalue weighted by atomic mass is 10.3. The Hall–Kier alpha value is -1.57. The summed E-state index contributed by atoms with van der Waals surface area (Å²) in [7, 11) is 0. The van der Waals surface area contributed by atoms with Crippen molar-refractivity contribution in [1.82, 2.24) is 25.4 Å². The van der Waals surface area contributed by atoms with Gasteiger partial charge in [0.2, 0.25) is 5.91 Å². The van der Waals surface area contributed by atoms with Crippen LogP contribution < -0.4 is 10.6 Å². The Morgan fingerprint density at radius 1 is 1.32 bits per heavy atom. The van der Waals surface area contributed by atoms with Crippen LogP contribution in [0.1, 0.15) is 51.3 Å². The molecular formula is C14H23N5O2S. The van der Waals surface area contributed by atoms with Crippen LogP contribution in [0.2, 0.25) is 0 Å². The van der Waals surface area contributed by atoms with Crippen molar-refractivity contribution in [1.29, 1.82) is 0 Å². The molecule has 1 aliphatic carbocycles. The van der Waals surface area contributed by atoms with Crippen LogP contribution in [0.3, 0.4) is 0 Å². The Morgan fingerprint density at radius 3 is 2.73 bits per heavy atom. The van der Waals surface area contributed by atoms with E-state index < -0.39 is 6.03 Å². The molecule has 122 valence electrons. The van der Waals surface area contributed by atoms with Gasteiger partial charge in [0, 0.05) is 19.0 Å². The molecule has 0 atom stereocenters. The third kappa shape index (κ3) is 4.72. The summed E-state index contributed by atoms with van der Waals surface area (Å²) in [6.45, 7) is 5.46. The van der Waals surface area contributed by atoms with Gasteiger partial charge in [0.15, 0.2) is 5.16 Å². The van der Waals surface area contributed by atoms with Gasteiger partial charge in [-0.25, -0.2) is 4.79 Å². The van der Waals surface area contributed by atoms with E-state index in [0.29, 0.717) is 12.5 Å². The number of carbonyl (C=O) groups excluding carboxylic acids is 2. The van der Waals surface area contributed by atoms with Crippen molar-refractivity contribution in [2.24, 2.45) is 0 Å². The number of carbonyl (C=O) groups is 2. The van der Waals surface area contributed by atoms with Crippen LogP contribution in [0, 0.1) is 0 Å². The van der Waals surface area contributed by atoms with Gasteiger partial charge < -0.3 is 9.88 Å². The Labute approximate surface area is 134 Å². The summed E-state index contributed by atoms with van der Waals surface area (Å²) in [6, 6.07) is -0.435. The fourth-order valence-corrected chi connectivity index (χ4v) is 2.87. The predicted octanol–water partition coefficient (Wildman–Crippen LogP) is 1.89. The number of nitrogens with one attached hydrogen (secondary N) is 2. The lowest BCUT2D eigenvalue weighted by Gasteiger charge is -2.07. The van der Waals surface area contributed by atoms with Crippen LogP contribution in [0.25, 0.3) is 0 Å². The number of urea groups is 1. The van der Waals surface area contributed by atoms with Crippen molar-refractivity contribution in [3.63, 3.8) is 0 Å². The molecule has 1 saturated carbocycles. The first-order valence-corrected chi connectivity index (χ1v) is 8.77. The van der Waals surface area contributed by atoms with Crippen LogP contribution in [0.15, 0.2) is 5.16 Å². The van der Waals surface area contributed by atoms with E-state index in [1.165, 1.54) is 24.6 Å². The average Bonchev–Trinajstić information content (AvgIpc) is 3.25. The van der Waals surface area contributed by atoms with E-state index in [4.69, 9.17) is 0 Å². The highest BCUT2D eigenvalue weighted by Crippen LogP contribution is 2.39. The zero-order valence-electron chi connectivity index (χ0n) is 13.1. The highest BCUT2D eigenvalue weighted by Gasteiger charge is 2.30. The molecule has 0 aromatic carbocycles. The molecule has 0 aliphatic heterocycles. The molecule has 0 unspecified atom stereocenters. The van der Waals surface area contributed by atoms with E-state index in [0.717, 1.165) is 30.4 Å². The quantitative estimate of drug-likeness (QED) is 0.563. The number of rotatable bonds is 8. The number of thioether (sulfide) groups is 1. The maximum Gasteiger partial charge on any atom is 0.321 e. The molecule has 1 heterocycles. The smallest absolute Gasteiger partial charge is 0.321 e. The van der Waals surface area contributed by atoms with E-state index >= 15 is 0 Å². The monoisotopic (exact) mass is 325 g/mol. The molecule has 22 heavy (non-hydrogen) atoms. The molecular weight excluding hydrogens is 302 g/mol. The van der Waals surface area contributed by atoms with Crippen molar-refractivity contribution >= 4 is 23.7 Å². The topological polar surface area (TPSA) is 88.9 Å². The first-order chi connectivity index (χ1) is 10.7. The Kier molecular flexibility index (Phi) is 6.23. The van der Waals surface area contributed by atoms with Crippen molar-refractivity contribution in [2.75, 3.05) is 12.3 Å². The maximum absolute atomic E-state index is 11.8. The van der Waals surface area contributed by atoms with Gasteiger partial charge in [-0.15, -0.1) is 10.2 Å². The first kappa shape index (κ1) is 16.8. The summed E-state index contributed by atoms with van der Waals surface area (Å²) in [4.78, 5) is 23.2. The number of aromatic nitrogens is 3. The van der Waals surface area contributed by atoms with E-state index in [9.17, 15) is 9.59 Å². The third-order valence-electron chi connectivity index (χ3n) is 3.41. The minimum absolute atomic E-state index is 0.157. The minimum Gasteiger partial charge on any atom is -0.338 e. The number of hydrogen-bond acceptors (Lipinski definition) is 5. The molecule has 3 amide bonds. The van der Waals surface area contributed by atoms with E-state index in [1.807, 2.05) is 13.8 Å². The average molecular weight is 325 g/mol. The molecule has 2 N–H and O–H groups in total. The zero-order valence-corrected chi connectivity index (χ0v) is 13.9. The molecule has 8 heteroatoms. The summed E-state index contributed by atoms with van der Waals surface area (Å²) in [5, 5.41) is 14.1. The number of nitrogens with zero attached hydrogens (tertiary/aromatic N) is 3. The Morgan fingerprint density at radius 2 is 2.09 bits per heavy atom. The van der Waals surface area contributed by atoms with Gasteiger partial charge in [0.25, 0.3) is 0 Å². The Balaban J connectivity index is 1.77. The zero-order chi connectivity index (χ0) is 15.9. The van der Waals surface area contributed by atoms with E-state index in [2.05, 4.69) is 25.4 Å². The normalized spacial score (nSPS) is 13.9. The largest absolute Gasteiger partial charge is 0.338 e. The highest BCUT2D eigenvalue weighted by molar-refractivity contribution is 7.99. The second-order valence-corrected chi connectivity index (χ2v) is 6.25. The lowest BCUT2D eigenvalue weighted by molar-refractivity contribution is -0.117. The van der Waals surface area contributed by atoms with Gasteiger partial charge >= 0.3 is 6.03 Å². The second-order valence-electron chi connectivity index (χ2n) is 5.31. The Bertz CT molecular complexity index is 527. The summed E-state index contributed by atoms with van der Waals surface area (Å²) in [5.74, 6) is 1.38. The molecule has 1 aliphatic rings. The molecule has 1 aromatic rings. The second kappa shape index (κ2) is 8.17. The predicted molar refractivity (Wildman–Crippen MR) is 84.8 cm³/mol.